The fourth-order valence-electron chi connectivity index (χ4n) is 2.97. The van der Waals surface area contributed by atoms with Gasteiger partial charge >= 0.3 is 5.97 Å². The number of rotatable bonds is 5. The molecule has 0 saturated carbocycles. The summed E-state index contributed by atoms with van der Waals surface area (Å²) in [6.45, 7) is 4.29. The molecule has 1 saturated heterocycles. The van der Waals surface area contributed by atoms with Crippen LogP contribution in [0.2, 0.25) is 0 Å². The highest BCUT2D eigenvalue weighted by molar-refractivity contribution is 5.66. The normalized spacial score (nSPS) is 19.4. The number of carboxylic acids is 1. The van der Waals surface area contributed by atoms with Crippen LogP contribution in [0.1, 0.15) is 38.2 Å². The van der Waals surface area contributed by atoms with Gasteiger partial charge < -0.3 is 10.0 Å². The monoisotopic (exact) mass is 261 g/mol. The summed E-state index contributed by atoms with van der Waals surface area (Å²) in [5, 5.41) is 8.80. The molecule has 1 N–H and O–H groups in total. The van der Waals surface area contributed by atoms with E-state index in [1.165, 1.54) is 17.7 Å². The van der Waals surface area contributed by atoms with Crippen LogP contribution in [0.5, 0.6) is 0 Å². The number of hydrogen-bond donors (Lipinski definition) is 1. The average Bonchev–Trinajstić information content (AvgIpc) is 2.45. The zero-order valence-corrected chi connectivity index (χ0v) is 11.6. The highest BCUT2D eigenvalue weighted by atomic mass is 16.4. The molecule has 1 aliphatic heterocycles. The molecular weight excluding hydrogens is 238 g/mol. The summed E-state index contributed by atoms with van der Waals surface area (Å²) in [6, 6.07) is 8.57. The van der Waals surface area contributed by atoms with Gasteiger partial charge in [0.15, 0.2) is 0 Å². The van der Waals surface area contributed by atoms with E-state index < -0.39 is 5.97 Å². The Balaban J connectivity index is 2.02. The van der Waals surface area contributed by atoms with Gasteiger partial charge in [-0.2, -0.15) is 0 Å². The van der Waals surface area contributed by atoms with Crippen molar-refractivity contribution in [3.63, 3.8) is 0 Å². The fraction of sp³-hybridized carbons (Fsp3) is 0.562. The lowest BCUT2D eigenvalue weighted by atomic mass is 9.92. The van der Waals surface area contributed by atoms with E-state index in [4.69, 9.17) is 5.11 Å². The molecule has 0 amide bonds. The molecule has 0 radical (unpaired) electrons. The number of carboxylic acid groups (broad SMARTS) is 1. The lowest BCUT2D eigenvalue weighted by molar-refractivity contribution is -0.137. The standard InChI is InChI=1S/C16H23NO2/c1-2-14-7-3-4-8-15(14)17-11-5-6-13(12-17)9-10-16(18)19/h3-4,7-8,13H,2,5-6,9-12H2,1H3,(H,18,19). The van der Waals surface area contributed by atoms with Crippen molar-refractivity contribution in [2.24, 2.45) is 5.92 Å². The quantitative estimate of drug-likeness (QED) is 0.883. The predicted octanol–water partition coefficient (Wildman–Crippen LogP) is 3.33. The third-order valence-corrected chi connectivity index (χ3v) is 4.00. The number of anilines is 1. The number of aryl methyl sites for hydroxylation is 1. The van der Waals surface area contributed by atoms with Crippen LogP contribution in [-0.2, 0) is 11.2 Å². The van der Waals surface area contributed by atoms with Gasteiger partial charge in [-0.25, -0.2) is 0 Å². The maximum Gasteiger partial charge on any atom is 0.303 e. The van der Waals surface area contributed by atoms with E-state index in [2.05, 4.69) is 36.1 Å². The van der Waals surface area contributed by atoms with Crippen molar-refractivity contribution in [1.29, 1.82) is 0 Å². The minimum atomic E-state index is -0.675. The molecule has 1 aromatic rings. The van der Waals surface area contributed by atoms with Crippen LogP contribution in [0, 0.1) is 5.92 Å². The molecule has 1 atom stereocenters. The van der Waals surface area contributed by atoms with Gasteiger partial charge in [0.25, 0.3) is 0 Å². The summed E-state index contributed by atoms with van der Waals surface area (Å²) in [7, 11) is 0. The molecule has 19 heavy (non-hydrogen) atoms. The van der Waals surface area contributed by atoms with E-state index in [0.717, 1.165) is 32.4 Å². The molecule has 3 nitrogen and oxygen atoms in total. The number of para-hydroxylation sites is 1. The third-order valence-electron chi connectivity index (χ3n) is 4.00. The molecule has 0 aromatic heterocycles. The van der Waals surface area contributed by atoms with Crippen LogP contribution < -0.4 is 4.90 Å². The van der Waals surface area contributed by atoms with E-state index in [9.17, 15) is 4.79 Å². The Morgan fingerprint density at radius 3 is 2.95 bits per heavy atom. The van der Waals surface area contributed by atoms with Crippen molar-refractivity contribution >= 4 is 11.7 Å². The molecule has 2 rings (SSSR count). The van der Waals surface area contributed by atoms with Crippen LogP contribution in [0.4, 0.5) is 5.69 Å². The molecule has 1 heterocycles. The minimum absolute atomic E-state index is 0.300. The summed E-state index contributed by atoms with van der Waals surface area (Å²) >= 11 is 0. The molecule has 1 fully saturated rings. The topological polar surface area (TPSA) is 40.5 Å². The Morgan fingerprint density at radius 2 is 2.21 bits per heavy atom. The number of benzene rings is 1. The Bertz CT molecular complexity index is 431. The number of aliphatic carboxylic acids is 1. The molecule has 1 aliphatic rings. The minimum Gasteiger partial charge on any atom is -0.481 e. The van der Waals surface area contributed by atoms with Gasteiger partial charge in [-0.15, -0.1) is 0 Å². The van der Waals surface area contributed by atoms with Crippen LogP contribution in [0.25, 0.3) is 0 Å². The van der Waals surface area contributed by atoms with Crippen molar-refractivity contribution in [3.05, 3.63) is 29.8 Å². The van der Waals surface area contributed by atoms with Gasteiger partial charge in [0.2, 0.25) is 0 Å². The SMILES string of the molecule is CCc1ccccc1N1CCCC(CCC(=O)O)C1. The number of hydrogen-bond acceptors (Lipinski definition) is 2. The largest absolute Gasteiger partial charge is 0.481 e. The van der Waals surface area contributed by atoms with Gasteiger partial charge in [-0.05, 0) is 43.2 Å². The van der Waals surface area contributed by atoms with E-state index in [-0.39, 0.29) is 0 Å². The van der Waals surface area contributed by atoms with Crippen molar-refractivity contribution in [3.8, 4) is 0 Å². The van der Waals surface area contributed by atoms with Crippen molar-refractivity contribution in [2.45, 2.75) is 39.0 Å². The molecule has 0 spiro atoms. The Kier molecular flexibility index (Phi) is 4.83. The van der Waals surface area contributed by atoms with Crippen molar-refractivity contribution in [1.82, 2.24) is 0 Å². The van der Waals surface area contributed by atoms with E-state index in [1.54, 1.807) is 0 Å². The summed E-state index contributed by atoms with van der Waals surface area (Å²) in [6.07, 6.45) is 4.49. The van der Waals surface area contributed by atoms with E-state index >= 15 is 0 Å². The molecule has 0 aliphatic carbocycles. The number of carbonyl (C=O) groups is 1. The van der Waals surface area contributed by atoms with Crippen LogP contribution in [-0.4, -0.2) is 24.2 Å². The average molecular weight is 261 g/mol. The second-order valence-electron chi connectivity index (χ2n) is 5.37. The summed E-state index contributed by atoms with van der Waals surface area (Å²) in [4.78, 5) is 13.1. The maximum absolute atomic E-state index is 10.7. The molecule has 104 valence electrons. The van der Waals surface area contributed by atoms with E-state index in [0.29, 0.717) is 12.3 Å². The summed E-state index contributed by atoms with van der Waals surface area (Å²) < 4.78 is 0. The Labute approximate surface area is 115 Å². The van der Waals surface area contributed by atoms with Gasteiger partial charge in [0.05, 0.1) is 0 Å². The molecule has 0 bridgehead atoms. The third kappa shape index (κ3) is 3.72. The fourth-order valence-corrected chi connectivity index (χ4v) is 2.97. The summed E-state index contributed by atoms with van der Waals surface area (Å²) in [5.41, 5.74) is 2.73. The Hall–Kier alpha value is -1.51. The molecule has 1 unspecified atom stereocenters. The first-order valence-corrected chi connectivity index (χ1v) is 7.25. The highest BCUT2D eigenvalue weighted by Gasteiger charge is 2.21. The maximum atomic E-state index is 10.7. The highest BCUT2D eigenvalue weighted by Crippen LogP contribution is 2.28. The Morgan fingerprint density at radius 1 is 1.42 bits per heavy atom. The smallest absolute Gasteiger partial charge is 0.303 e. The van der Waals surface area contributed by atoms with Crippen LogP contribution >= 0.6 is 0 Å². The van der Waals surface area contributed by atoms with Crippen molar-refractivity contribution < 1.29 is 9.90 Å². The van der Waals surface area contributed by atoms with Crippen LogP contribution in [0.3, 0.4) is 0 Å². The van der Waals surface area contributed by atoms with Gasteiger partial charge in [0, 0.05) is 25.2 Å². The molecule has 3 heteroatoms. The summed E-state index contributed by atoms with van der Waals surface area (Å²) in [5.74, 6) is -0.152. The first-order valence-electron chi connectivity index (χ1n) is 7.25. The molecular formula is C16H23NO2. The lowest BCUT2D eigenvalue weighted by Crippen LogP contribution is -2.36. The predicted molar refractivity (Wildman–Crippen MR) is 77.6 cm³/mol. The van der Waals surface area contributed by atoms with Crippen molar-refractivity contribution in [2.75, 3.05) is 18.0 Å². The first kappa shape index (κ1) is 13.9. The van der Waals surface area contributed by atoms with E-state index in [1.807, 2.05) is 0 Å². The van der Waals surface area contributed by atoms with Crippen LogP contribution in [0.15, 0.2) is 24.3 Å². The second kappa shape index (κ2) is 6.60. The lowest BCUT2D eigenvalue weighted by Gasteiger charge is -2.35. The van der Waals surface area contributed by atoms with Gasteiger partial charge in [0.1, 0.15) is 0 Å². The zero-order valence-electron chi connectivity index (χ0n) is 11.6. The second-order valence-corrected chi connectivity index (χ2v) is 5.37. The number of nitrogens with zero attached hydrogens (tertiary/aromatic N) is 1. The zero-order chi connectivity index (χ0) is 13.7. The number of piperidine rings is 1. The van der Waals surface area contributed by atoms with Gasteiger partial charge in [-0.1, -0.05) is 25.1 Å². The van der Waals surface area contributed by atoms with Gasteiger partial charge in [-0.3, -0.25) is 4.79 Å². The molecule has 1 aromatic carbocycles. The first-order chi connectivity index (χ1) is 9.20.